The Morgan fingerprint density at radius 3 is 2.59 bits per heavy atom. The number of fused-ring (bicyclic) bond motifs is 3. The van der Waals surface area contributed by atoms with E-state index in [0.717, 1.165) is 25.3 Å². The van der Waals surface area contributed by atoms with Gasteiger partial charge in [-0.2, -0.15) is 0 Å². The van der Waals surface area contributed by atoms with E-state index in [9.17, 15) is 9.59 Å². The molecule has 3 rings (SSSR count). The lowest BCUT2D eigenvalue weighted by Gasteiger charge is -2.37. The molecule has 22 heavy (non-hydrogen) atoms. The molecule has 0 unspecified atom stereocenters. The summed E-state index contributed by atoms with van der Waals surface area (Å²) < 4.78 is 0. The van der Waals surface area contributed by atoms with Crippen LogP contribution in [0.15, 0.2) is 24.3 Å². The quantitative estimate of drug-likeness (QED) is 0.842. The molecule has 1 aromatic carbocycles. The first-order valence-electron chi connectivity index (χ1n) is 8.21. The molecular formula is C18H24N2O2. The van der Waals surface area contributed by atoms with Crippen molar-refractivity contribution in [2.75, 3.05) is 24.5 Å². The van der Waals surface area contributed by atoms with E-state index in [1.165, 1.54) is 5.56 Å². The minimum absolute atomic E-state index is 0.0145. The molecule has 4 heteroatoms. The highest BCUT2D eigenvalue weighted by molar-refractivity contribution is 5.96. The Bertz CT molecular complexity index is 597. The molecule has 1 fully saturated rings. The van der Waals surface area contributed by atoms with Gasteiger partial charge in [-0.1, -0.05) is 39.0 Å². The molecule has 2 atom stereocenters. The van der Waals surface area contributed by atoms with E-state index in [1.54, 1.807) is 0 Å². The van der Waals surface area contributed by atoms with Crippen molar-refractivity contribution >= 4 is 17.5 Å². The Morgan fingerprint density at radius 1 is 1.18 bits per heavy atom. The number of likely N-dealkylation sites (tertiary alicyclic amines) is 1. The molecule has 2 aliphatic heterocycles. The van der Waals surface area contributed by atoms with Crippen LogP contribution in [0.4, 0.5) is 5.69 Å². The maximum Gasteiger partial charge on any atom is 0.229 e. The Labute approximate surface area is 132 Å². The van der Waals surface area contributed by atoms with Gasteiger partial charge < -0.3 is 9.80 Å². The second-order valence-corrected chi connectivity index (χ2v) is 6.68. The minimum Gasteiger partial charge on any atom is -0.342 e. The van der Waals surface area contributed by atoms with E-state index in [2.05, 4.69) is 6.07 Å². The molecule has 0 saturated carbocycles. The van der Waals surface area contributed by atoms with Crippen molar-refractivity contribution in [1.82, 2.24) is 4.90 Å². The van der Waals surface area contributed by atoms with Crippen molar-refractivity contribution < 1.29 is 9.59 Å². The summed E-state index contributed by atoms with van der Waals surface area (Å²) in [6.07, 6.45) is 0.551. The highest BCUT2D eigenvalue weighted by Crippen LogP contribution is 2.43. The van der Waals surface area contributed by atoms with Crippen LogP contribution in [-0.4, -0.2) is 36.3 Å². The Balaban J connectivity index is 1.94. The van der Waals surface area contributed by atoms with E-state index < -0.39 is 0 Å². The van der Waals surface area contributed by atoms with Gasteiger partial charge in [0.05, 0.1) is 0 Å². The number of hydrogen-bond donors (Lipinski definition) is 0. The Hall–Kier alpha value is -1.84. The van der Waals surface area contributed by atoms with Crippen LogP contribution in [0.2, 0.25) is 0 Å². The molecule has 1 saturated heterocycles. The van der Waals surface area contributed by atoms with Gasteiger partial charge in [0, 0.05) is 49.5 Å². The second-order valence-electron chi connectivity index (χ2n) is 6.68. The zero-order valence-corrected chi connectivity index (χ0v) is 13.6. The maximum atomic E-state index is 12.6. The van der Waals surface area contributed by atoms with Crippen molar-refractivity contribution in [1.29, 1.82) is 0 Å². The lowest BCUT2D eigenvalue weighted by molar-refractivity contribution is -0.129. The van der Waals surface area contributed by atoms with Gasteiger partial charge in [-0.05, 0) is 11.6 Å². The predicted octanol–water partition coefficient (Wildman–Crippen LogP) is 2.64. The summed E-state index contributed by atoms with van der Waals surface area (Å²) in [5.41, 5.74) is 2.26. The zero-order chi connectivity index (χ0) is 15.9. The summed E-state index contributed by atoms with van der Waals surface area (Å²) in [4.78, 5) is 28.5. The van der Waals surface area contributed by atoms with Crippen LogP contribution < -0.4 is 4.90 Å². The molecular weight excluding hydrogens is 276 g/mol. The van der Waals surface area contributed by atoms with E-state index in [4.69, 9.17) is 0 Å². The highest BCUT2D eigenvalue weighted by atomic mass is 16.2. The lowest BCUT2D eigenvalue weighted by atomic mass is 9.83. The molecule has 0 N–H and O–H groups in total. The van der Waals surface area contributed by atoms with Crippen LogP contribution in [0, 0.1) is 11.8 Å². The van der Waals surface area contributed by atoms with Gasteiger partial charge in [0.2, 0.25) is 11.8 Å². The van der Waals surface area contributed by atoms with Gasteiger partial charge in [0.25, 0.3) is 0 Å². The van der Waals surface area contributed by atoms with Gasteiger partial charge in [-0.3, -0.25) is 9.59 Å². The van der Waals surface area contributed by atoms with Crippen LogP contribution in [0.1, 0.15) is 38.7 Å². The van der Waals surface area contributed by atoms with E-state index in [-0.39, 0.29) is 17.7 Å². The van der Waals surface area contributed by atoms with Crippen LogP contribution in [-0.2, 0) is 9.59 Å². The lowest BCUT2D eigenvalue weighted by Crippen LogP contribution is -2.43. The molecule has 0 spiro atoms. The third kappa shape index (κ3) is 2.40. The number of hydrogen-bond acceptors (Lipinski definition) is 2. The standard InChI is InChI=1S/C18H24N2O2/c1-4-17(21)19-9-13-10-20(18(22)12(2)3)16-8-6-5-7-14(16)15(13)11-19/h5-8,12-13,15H,4,9-11H2,1-3H3/t13-,15+/m0/s1. The number of para-hydroxylation sites is 1. The van der Waals surface area contributed by atoms with E-state index >= 15 is 0 Å². The van der Waals surface area contributed by atoms with Gasteiger partial charge in [-0.15, -0.1) is 0 Å². The third-order valence-corrected chi connectivity index (χ3v) is 4.90. The summed E-state index contributed by atoms with van der Waals surface area (Å²) in [7, 11) is 0. The number of anilines is 1. The number of amides is 2. The summed E-state index contributed by atoms with van der Waals surface area (Å²) in [5.74, 6) is 1.09. The first kappa shape index (κ1) is 15.1. The summed E-state index contributed by atoms with van der Waals surface area (Å²) in [6.45, 7) is 8.09. The smallest absolute Gasteiger partial charge is 0.229 e. The first-order chi connectivity index (χ1) is 10.5. The van der Waals surface area contributed by atoms with E-state index in [1.807, 2.05) is 48.8 Å². The molecule has 0 aliphatic carbocycles. The molecule has 2 heterocycles. The minimum atomic E-state index is -0.0145. The monoisotopic (exact) mass is 300 g/mol. The highest BCUT2D eigenvalue weighted by Gasteiger charge is 2.42. The average molecular weight is 300 g/mol. The Morgan fingerprint density at radius 2 is 1.91 bits per heavy atom. The van der Waals surface area contributed by atoms with Crippen molar-refractivity contribution in [3.05, 3.63) is 29.8 Å². The molecule has 2 aliphatic rings. The zero-order valence-electron chi connectivity index (χ0n) is 13.6. The predicted molar refractivity (Wildman–Crippen MR) is 86.7 cm³/mol. The van der Waals surface area contributed by atoms with Crippen molar-refractivity contribution in [3.8, 4) is 0 Å². The molecule has 4 nitrogen and oxygen atoms in total. The molecule has 2 amide bonds. The molecule has 0 aromatic heterocycles. The fourth-order valence-electron chi connectivity index (χ4n) is 3.74. The van der Waals surface area contributed by atoms with Crippen molar-refractivity contribution in [2.45, 2.75) is 33.1 Å². The average Bonchev–Trinajstić information content (AvgIpc) is 2.96. The topological polar surface area (TPSA) is 40.6 Å². The van der Waals surface area contributed by atoms with Crippen LogP contribution in [0.3, 0.4) is 0 Å². The maximum absolute atomic E-state index is 12.6. The number of benzene rings is 1. The normalized spacial score (nSPS) is 23.5. The SMILES string of the molecule is CCC(=O)N1C[C@H]2CN(C(=O)C(C)C)c3ccccc3[C@@H]2C1. The summed E-state index contributed by atoms with van der Waals surface area (Å²) in [5, 5.41) is 0. The van der Waals surface area contributed by atoms with Gasteiger partial charge in [0.15, 0.2) is 0 Å². The number of carbonyl (C=O) groups is 2. The van der Waals surface area contributed by atoms with Gasteiger partial charge >= 0.3 is 0 Å². The number of nitrogens with zero attached hydrogens (tertiary/aromatic N) is 2. The Kier molecular flexibility index (Phi) is 3.94. The van der Waals surface area contributed by atoms with Crippen molar-refractivity contribution in [3.63, 3.8) is 0 Å². The first-order valence-corrected chi connectivity index (χ1v) is 8.21. The fraction of sp³-hybridized carbons (Fsp3) is 0.556. The third-order valence-electron chi connectivity index (χ3n) is 4.90. The number of rotatable bonds is 2. The largest absolute Gasteiger partial charge is 0.342 e. The second kappa shape index (κ2) is 5.75. The number of carbonyl (C=O) groups excluding carboxylic acids is 2. The van der Waals surface area contributed by atoms with E-state index in [0.29, 0.717) is 18.3 Å². The summed E-state index contributed by atoms with van der Waals surface area (Å²) in [6, 6.07) is 8.18. The van der Waals surface area contributed by atoms with Gasteiger partial charge in [0.1, 0.15) is 0 Å². The molecule has 0 radical (unpaired) electrons. The van der Waals surface area contributed by atoms with Crippen molar-refractivity contribution in [2.24, 2.45) is 11.8 Å². The van der Waals surface area contributed by atoms with Crippen LogP contribution in [0.25, 0.3) is 0 Å². The molecule has 1 aromatic rings. The molecule has 118 valence electrons. The van der Waals surface area contributed by atoms with Crippen LogP contribution in [0.5, 0.6) is 0 Å². The fourth-order valence-corrected chi connectivity index (χ4v) is 3.74. The summed E-state index contributed by atoms with van der Waals surface area (Å²) >= 11 is 0. The van der Waals surface area contributed by atoms with Gasteiger partial charge in [-0.25, -0.2) is 0 Å². The van der Waals surface area contributed by atoms with Crippen LogP contribution >= 0.6 is 0 Å². The molecule has 0 bridgehead atoms.